The maximum absolute atomic E-state index is 9.08. The average molecular weight is 451 g/mol. The molecule has 3 aromatic carbocycles. The highest BCUT2D eigenvalue weighted by atomic mass is 16.3. The van der Waals surface area contributed by atoms with E-state index in [2.05, 4.69) is 31.2 Å². The lowest BCUT2D eigenvalue weighted by Gasteiger charge is -2.21. The number of para-hydroxylation sites is 1. The number of hydrogen-bond acceptors (Lipinski definition) is 1. The van der Waals surface area contributed by atoms with Crippen LogP contribution in [0.1, 0.15) is 60.2 Å². The van der Waals surface area contributed by atoms with Crippen molar-refractivity contribution >= 4 is 21.9 Å². The van der Waals surface area contributed by atoms with Crippen LogP contribution in [0.15, 0.2) is 77.3 Å². The van der Waals surface area contributed by atoms with Gasteiger partial charge in [0.15, 0.2) is 6.20 Å². The molecule has 1 aliphatic rings. The minimum atomic E-state index is -2.29. The number of fused-ring (bicyclic) bond motifs is 3. The molecule has 0 N–H and O–H groups in total. The lowest BCUT2D eigenvalue weighted by Crippen LogP contribution is -2.31. The number of nitrogens with zero attached hydrogens (tertiary/aromatic N) is 1. The van der Waals surface area contributed by atoms with Crippen molar-refractivity contribution < 1.29 is 14.5 Å². The third-order valence-corrected chi connectivity index (χ3v) is 7.35. The van der Waals surface area contributed by atoms with E-state index in [1.165, 1.54) is 6.42 Å². The Hall–Kier alpha value is -3.39. The van der Waals surface area contributed by atoms with Crippen molar-refractivity contribution in [2.45, 2.75) is 51.8 Å². The Labute approximate surface area is 207 Å². The largest absolute Gasteiger partial charge is 0.455 e. The SMILES string of the molecule is [2H]C([2H])([2H])c1c[n+](C)c(-c2ccccc2C)cc1-c1cccc2c1oc1cc(C3([2H])CCCCC3)ccc12. The van der Waals surface area contributed by atoms with Gasteiger partial charge in [-0.2, -0.15) is 0 Å². The number of benzene rings is 3. The topological polar surface area (TPSA) is 17.0 Å². The van der Waals surface area contributed by atoms with Crippen LogP contribution in [0.25, 0.3) is 44.3 Å². The zero-order valence-electron chi connectivity index (χ0n) is 23.8. The van der Waals surface area contributed by atoms with Crippen molar-refractivity contribution in [3.8, 4) is 22.4 Å². The highest BCUT2D eigenvalue weighted by molar-refractivity contribution is 6.10. The molecule has 34 heavy (non-hydrogen) atoms. The standard InChI is InChI=1S/C32H32NO/c1-21-10-7-8-13-25(21)30-19-29(22(2)20-33(30)3)28-15-9-14-27-26-17-16-24(18-31(26)34-32(27)28)23-11-5-4-6-12-23/h7-10,13-20,23H,4-6,11-12H2,1-3H3/q+1/i2D3,23D. The maximum Gasteiger partial charge on any atom is 0.213 e. The van der Waals surface area contributed by atoms with Crippen LogP contribution < -0.4 is 4.57 Å². The van der Waals surface area contributed by atoms with Crippen LogP contribution in [0.4, 0.5) is 0 Å². The van der Waals surface area contributed by atoms with E-state index in [0.29, 0.717) is 16.7 Å². The molecular weight excluding hydrogens is 414 g/mol. The summed E-state index contributed by atoms with van der Waals surface area (Å²) in [6.45, 7) is -0.229. The molecule has 2 aromatic heterocycles. The fourth-order valence-electron chi connectivity index (χ4n) is 5.50. The average Bonchev–Trinajstić information content (AvgIpc) is 3.27. The smallest absolute Gasteiger partial charge is 0.213 e. The molecule has 6 rings (SSSR count). The predicted molar refractivity (Wildman–Crippen MR) is 141 cm³/mol. The lowest BCUT2D eigenvalue weighted by molar-refractivity contribution is -0.660. The number of hydrogen-bond donors (Lipinski definition) is 0. The number of pyridine rings is 1. The Morgan fingerprint density at radius 3 is 2.50 bits per heavy atom. The zero-order valence-corrected chi connectivity index (χ0v) is 19.8. The van der Waals surface area contributed by atoms with Crippen molar-refractivity contribution in [2.24, 2.45) is 7.05 Å². The molecule has 0 amide bonds. The Bertz CT molecular complexity index is 1680. The van der Waals surface area contributed by atoms with Gasteiger partial charge in [-0.05, 0) is 55.8 Å². The van der Waals surface area contributed by atoms with Gasteiger partial charge >= 0.3 is 0 Å². The van der Waals surface area contributed by atoms with Gasteiger partial charge in [0.25, 0.3) is 0 Å². The Morgan fingerprint density at radius 2 is 1.68 bits per heavy atom. The van der Waals surface area contributed by atoms with Gasteiger partial charge in [0.05, 0.1) is 0 Å². The van der Waals surface area contributed by atoms with Crippen LogP contribution in [0.5, 0.6) is 0 Å². The summed E-state index contributed by atoms with van der Waals surface area (Å²) >= 11 is 0. The Morgan fingerprint density at radius 1 is 0.853 bits per heavy atom. The van der Waals surface area contributed by atoms with Crippen LogP contribution in [-0.2, 0) is 7.05 Å². The van der Waals surface area contributed by atoms with E-state index in [4.69, 9.17) is 9.90 Å². The number of aromatic nitrogens is 1. The Kier molecular flexibility index (Phi) is 4.24. The van der Waals surface area contributed by atoms with E-state index in [9.17, 15) is 0 Å². The minimum absolute atomic E-state index is 0.290. The first-order valence-corrected chi connectivity index (χ1v) is 12.2. The van der Waals surface area contributed by atoms with Crippen molar-refractivity contribution in [1.82, 2.24) is 0 Å². The molecule has 0 bridgehead atoms. The van der Waals surface area contributed by atoms with E-state index in [0.717, 1.165) is 70.0 Å². The predicted octanol–water partition coefficient (Wildman–Crippen LogP) is 8.41. The lowest BCUT2D eigenvalue weighted by atomic mass is 9.84. The monoisotopic (exact) mass is 450 g/mol. The van der Waals surface area contributed by atoms with Gasteiger partial charge in [-0.3, -0.25) is 0 Å². The van der Waals surface area contributed by atoms with Crippen molar-refractivity contribution in [1.29, 1.82) is 0 Å². The first kappa shape index (κ1) is 17.1. The highest BCUT2D eigenvalue weighted by Gasteiger charge is 2.21. The van der Waals surface area contributed by atoms with Crippen LogP contribution >= 0.6 is 0 Å². The summed E-state index contributed by atoms with van der Waals surface area (Å²) < 4.78 is 42.5. The molecular formula is C32H32NO+. The molecule has 1 fully saturated rings. The van der Waals surface area contributed by atoms with E-state index in [-0.39, 0.29) is 0 Å². The minimum Gasteiger partial charge on any atom is -0.455 e. The summed E-state index contributed by atoms with van der Waals surface area (Å²) in [5.41, 5.74) is 7.25. The fraction of sp³-hybridized carbons (Fsp3) is 0.281. The van der Waals surface area contributed by atoms with Crippen molar-refractivity contribution in [2.75, 3.05) is 0 Å². The second-order valence-electron chi connectivity index (χ2n) is 9.57. The molecule has 0 radical (unpaired) electrons. The van der Waals surface area contributed by atoms with E-state index < -0.39 is 12.7 Å². The number of rotatable bonds is 3. The summed E-state index contributed by atoms with van der Waals surface area (Å²) in [7, 11) is 1.89. The number of aryl methyl sites for hydroxylation is 3. The molecule has 1 aliphatic carbocycles. The van der Waals surface area contributed by atoms with Gasteiger partial charge in [-0.1, -0.05) is 67.8 Å². The molecule has 0 aliphatic heterocycles. The summed E-state index contributed by atoms with van der Waals surface area (Å²) in [5, 5.41) is 1.94. The molecule has 170 valence electrons. The molecule has 0 saturated heterocycles. The van der Waals surface area contributed by atoms with Gasteiger partial charge in [-0.25, -0.2) is 4.57 Å². The summed E-state index contributed by atoms with van der Waals surface area (Å²) in [6, 6.07) is 22.3. The van der Waals surface area contributed by atoms with Gasteiger partial charge in [0, 0.05) is 44.6 Å². The molecule has 2 nitrogen and oxygen atoms in total. The first-order valence-electron chi connectivity index (χ1n) is 14.2. The molecule has 5 aromatic rings. The second-order valence-corrected chi connectivity index (χ2v) is 9.57. The molecule has 2 heterocycles. The second kappa shape index (κ2) is 8.43. The van der Waals surface area contributed by atoms with Gasteiger partial charge in [0.1, 0.15) is 18.2 Å². The number of furan rings is 1. The fourth-order valence-corrected chi connectivity index (χ4v) is 5.50. The zero-order chi connectivity index (χ0) is 26.7. The van der Waals surface area contributed by atoms with E-state index in [1.54, 1.807) is 6.20 Å². The van der Waals surface area contributed by atoms with Gasteiger partial charge in [-0.15, -0.1) is 0 Å². The van der Waals surface area contributed by atoms with E-state index >= 15 is 0 Å². The third kappa shape index (κ3) is 3.53. The van der Waals surface area contributed by atoms with Gasteiger partial charge < -0.3 is 4.42 Å². The summed E-state index contributed by atoms with van der Waals surface area (Å²) in [5.74, 6) is -0.570. The third-order valence-electron chi connectivity index (χ3n) is 7.35. The summed E-state index contributed by atoms with van der Waals surface area (Å²) in [4.78, 5) is 0. The normalized spacial score (nSPS) is 17.8. The highest BCUT2D eigenvalue weighted by Crippen LogP contribution is 2.40. The summed E-state index contributed by atoms with van der Waals surface area (Å²) in [6.07, 6.45) is 6.83. The molecule has 0 atom stereocenters. The molecule has 2 heteroatoms. The van der Waals surface area contributed by atoms with Crippen molar-refractivity contribution in [3.63, 3.8) is 0 Å². The maximum atomic E-state index is 9.08. The van der Waals surface area contributed by atoms with Gasteiger partial charge in [0.2, 0.25) is 5.69 Å². The van der Waals surface area contributed by atoms with Crippen LogP contribution in [0.2, 0.25) is 0 Å². The van der Waals surface area contributed by atoms with Crippen LogP contribution in [0, 0.1) is 13.8 Å². The van der Waals surface area contributed by atoms with Crippen molar-refractivity contribution in [3.05, 3.63) is 89.6 Å². The molecule has 0 unspecified atom stereocenters. The Balaban J connectivity index is 1.59. The molecule has 1 saturated carbocycles. The molecule has 0 spiro atoms. The quantitative estimate of drug-likeness (QED) is 0.252. The van der Waals surface area contributed by atoms with Crippen LogP contribution in [0.3, 0.4) is 0 Å². The van der Waals surface area contributed by atoms with E-state index in [1.807, 2.05) is 54.1 Å². The van der Waals surface area contributed by atoms with Crippen LogP contribution in [-0.4, -0.2) is 0 Å². The first-order chi connectivity index (χ1) is 18.2.